The van der Waals surface area contributed by atoms with Gasteiger partial charge in [0.15, 0.2) is 4.96 Å². The van der Waals surface area contributed by atoms with E-state index in [-0.39, 0.29) is 5.97 Å². The molecule has 0 amide bonds. The van der Waals surface area contributed by atoms with Gasteiger partial charge in [-0.3, -0.25) is 9.20 Å². The maximum atomic E-state index is 11.2. The first kappa shape index (κ1) is 14.7. The fourth-order valence-electron chi connectivity index (χ4n) is 2.10. The molecule has 3 aromatic rings. The van der Waals surface area contributed by atoms with Crippen molar-refractivity contribution in [3.63, 3.8) is 0 Å². The number of hydrogen-bond donors (Lipinski definition) is 0. The number of ether oxygens (including phenoxy) is 1. The third-order valence-corrected chi connectivity index (χ3v) is 5.69. The molecule has 0 N–H and O–H groups in total. The summed E-state index contributed by atoms with van der Waals surface area (Å²) in [5, 5.41) is 2.10. The summed E-state index contributed by atoms with van der Waals surface area (Å²) >= 11 is 6.78. The number of nitrogens with zero attached hydrogens (tertiary/aromatic N) is 2. The average molecular weight is 385 g/mol. The van der Waals surface area contributed by atoms with Crippen molar-refractivity contribution in [2.45, 2.75) is 19.3 Å². The van der Waals surface area contributed by atoms with E-state index in [2.05, 4.69) is 47.7 Å². The smallest absolute Gasteiger partial charge is 0.305 e. The Bertz CT molecular complexity index is 775. The molecular formula is C14H13BrN2O2S2. The van der Waals surface area contributed by atoms with Gasteiger partial charge in [-0.15, -0.1) is 22.7 Å². The molecule has 0 aliphatic carbocycles. The predicted octanol–water partition coefficient (Wildman–Crippen LogP) is 4.38. The molecular weight excluding hydrogens is 372 g/mol. The molecule has 7 heteroatoms. The summed E-state index contributed by atoms with van der Waals surface area (Å²) in [6.07, 6.45) is 4.15. The third kappa shape index (κ3) is 3.20. The van der Waals surface area contributed by atoms with Gasteiger partial charge in [0.1, 0.15) is 5.69 Å². The van der Waals surface area contributed by atoms with Crippen LogP contribution in [0.25, 0.3) is 15.5 Å². The van der Waals surface area contributed by atoms with Gasteiger partial charge in [-0.1, -0.05) is 0 Å². The number of esters is 1. The summed E-state index contributed by atoms with van der Waals surface area (Å²) in [4.78, 5) is 17.9. The molecule has 0 bridgehead atoms. The number of thiazole rings is 1. The number of imidazole rings is 1. The zero-order valence-electron chi connectivity index (χ0n) is 11.3. The highest BCUT2D eigenvalue weighted by Crippen LogP contribution is 2.32. The Labute approximate surface area is 138 Å². The van der Waals surface area contributed by atoms with E-state index in [4.69, 9.17) is 0 Å². The van der Waals surface area contributed by atoms with Crippen molar-refractivity contribution < 1.29 is 9.53 Å². The lowest BCUT2D eigenvalue weighted by molar-refractivity contribution is -0.140. The van der Waals surface area contributed by atoms with E-state index >= 15 is 0 Å². The van der Waals surface area contributed by atoms with E-state index in [9.17, 15) is 4.79 Å². The van der Waals surface area contributed by atoms with Crippen LogP contribution in [0.15, 0.2) is 27.5 Å². The topological polar surface area (TPSA) is 43.6 Å². The number of fused-ring (bicyclic) bond motifs is 1. The van der Waals surface area contributed by atoms with Gasteiger partial charge < -0.3 is 4.74 Å². The fourth-order valence-corrected chi connectivity index (χ4v) is 4.34. The summed E-state index contributed by atoms with van der Waals surface area (Å²) in [5.74, 6) is -0.156. The number of carbonyl (C=O) groups is 1. The zero-order chi connectivity index (χ0) is 14.8. The van der Waals surface area contributed by atoms with E-state index < -0.39 is 0 Å². The number of hydrogen-bond acceptors (Lipinski definition) is 5. The number of halogens is 1. The van der Waals surface area contributed by atoms with Crippen LogP contribution in [0.3, 0.4) is 0 Å². The van der Waals surface area contributed by atoms with Crippen LogP contribution in [0.1, 0.15) is 18.5 Å². The Hall–Kier alpha value is -1.18. The number of thiophene rings is 1. The van der Waals surface area contributed by atoms with Crippen molar-refractivity contribution in [3.05, 3.63) is 33.2 Å². The lowest BCUT2D eigenvalue weighted by atomic mass is 10.2. The first-order valence-electron chi connectivity index (χ1n) is 6.45. The number of aromatic nitrogens is 2. The van der Waals surface area contributed by atoms with Crippen molar-refractivity contribution in [1.82, 2.24) is 9.38 Å². The van der Waals surface area contributed by atoms with Gasteiger partial charge in [0.25, 0.3) is 0 Å². The van der Waals surface area contributed by atoms with E-state index in [1.807, 2.05) is 6.07 Å². The highest BCUT2D eigenvalue weighted by molar-refractivity contribution is 9.11. The number of rotatable bonds is 5. The fraction of sp³-hybridized carbons (Fsp3) is 0.286. The number of aryl methyl sites for hydroxylation is 1. The highest BCUT2D eigenvalue weighted by atomic mass is 79.9. The number of carbonyl (C=O) groups excluding carboxylic acids is 1. The Morgan fingerprint density at radius 1 is 1.48 bits per heavy atom. The summed E-state index contributed by atoms with van der Waals surface area (Å²) in [6.45, 7) is 0. The predicted molar refractivity (Wildman–Crippen MR) is 89.0 cm³/mol. The van der Waals surface area contributed by atoms with E-state index in [0.29, 0.717) is 6.42 Å². The van der Waals surface area contributed by atoms with Gasteiger partial charge in [0, 0.05) is 23.7 Å². The Kier molecular flexibility index (Phi) is 4.42. The molecule has 3 rings (SSSR count). The summed E-state index contributed by atoms with van der Waals surface area (Å²) in [6, 6.07) is 4.10. The highest BCUT2D eigenvalue weighted by Gasteiger charge is 2.11. The third-order valence-electron chi connectivity index (χ3n) is 3.15. The second kappa shape index (κ2) is 6.29. The summed E-state index contributed by atoms with van der Waals surface area (Å²) in [5.41, 5.74) is 2.18. The largest absolute Gasteiger partial charge is 0.469 e. The van der Waals surface area contributed by atoms with Crippen LogP contribution >= 0.6 is 38.6 Å². The molecule has 0 aliphatic heterocycles. The Balaban J connectivity index is 1.78. The lowest BCUT2D eigenvalue weighted by Gasteiger charge is -1.99. The molecule has 110 valence electrons. The minimum atomic E-state index is -0.156. The van der Waals surface area contributed by atoms with Crippen LogP contribution in [0.4, 0.5) is 0 Å². The lowest BCUT2D eigenvalue weighted by Crippen LogP contribution is -2.01. The van der Waals surface area contributed by atoms with Crippen LogP contribution in [0, 0.1) is 0 Å². The van der Waals surface area contributed by atoms with Crippen molar-refractivity contribution in [2.24, 2.45) is 0 Å². The zero-order valence-corrected chi connectivity index (χ0v) is 14.6. The normalized spacial score (nSPS) is 11.1. The molecule has 21 heavy (non-hydrogen) atoms. The van der Waals surface area contributed by atoms with Crippen molar-refractivity contribution >= 4 is 49.5 Å². The van der Waals surface area contributed by atoms with Crippen LogP contribution < -0.4 is 0 Å². The maximum absolute atomic E-state index is 11.2. The van der Waals surface area contributed by atoms with Crippen LogP contribution in [0.2, 0.25) is 0 Å². The molecule has 0 spiro atoms. The molecule has 0 saturated heterocycles. The first-order valence-corrected chi connectivity index (χ1v) is 8.94. The second-order valence-electron chi connectivity index (χ2n) is 4.54. The van der Waals surface area contributed by atoms with Gasteiger partial charge in [-0.05, 0) is 40.9 Å². The van der Waals surface area contributed by atoms with Crippen molar-refractivity contribution in [1.29, 1.82) is 0 Å². The monoisotopic (exact) mass is 384 g/mol. The summed E-state index contributed by atoms with van der Waals surface area (Å²) < 4.78 is 7.88. The molecule has 4 nitrogen and oxygen atoms in total. The minimum absolute atomic E-state index is 0.156. The van der Waals surface area contributed by atoms with Crippen LogP contribution in [-0.4, -0.2) is 22.5 Å². The summed E-state index contributed by atoms with van der Waals surface area (Å²) in [7, 11) is 1.42. The molecule has 0 aromatic carbocycles. The van der Waals surface area contributed by atoms with Crippen molar-refractivity contribution in [2.75, 3.05) is 7.11 Å². The maximum Gasteiger partial charge on any atom is 0.305 e. The quantitative estimate of drug-likeness (QED) is 0.612. The molecule has 0 aliphatic rings. The molecule has 0 atom stereocenters. The van der Waals surface area contributed by atoms with Gasteiger partial charge in [0.05, 0.1) is 15.8 Å². The van der Waals surface area contributed by atoms with Gasteiger partial charge >= 0.3 is 5.97 Å². The van der Waals surface area contributed by atoms with Gasteiger partial charge in [-0.25, -0.2) is 4.98 Å². The second-order valence-corrected chi connectivity index (χ2v) is 7.84. The Morgan fingerprint density at radius 2 is 2.33 bits per heavy atom. The van der Waals surface area contributed by atoms with E-state index in [1.54, 1.807) is 22.7 Å². The standard InChI is InChI=1S/C14H13BrN2O2S2/c1-19-13(18)4-2-3-9-8-20-14-16-10(7-17(9)14)11-5-6-12(15)21-11/h5-8H,2-4H2,1H3. The van der Waals surface area contributed by atoms with E-state index in [0.717, 1.165) is 32.2 Å². The molecule has 3 heterocycles. The average Bonchev–Trinajstić information content (AvgIpc) is 3.14. The van der Waals surface area contributed by atoms with Gasteiger partial charge in [0.2, 0.25) is 0 Å². The molecule has 3 aromatic heterocycles. The molecule has 0 unspecified atom stereocenters. The van der Waals surface area contributed by atoms with Crippen molar-refractivity contribution in [3.8, 4) is 10.6 Å². The first-order chi connectivity index (χ1) is 10.2. The van der Waals surface area contributed by atoms with Crippen LogP contribution in [0.5, 0.6) is 0 Å². The molecule has 0 saturated carbocycles. The minimum Gasteiger partial charge on any atom is -0.469 e. The molecule has 0 radical (unpaired) electrons. The molecule has 0 fully saturated rings. The van der Waals surface area contributed by atoms with Crippen LogP contribution in [-0.2, 0) is 16.0 Å². The number of methoxy groups -OCH3 is 1. The SMILES string of the molecule is COC(=O)CCCc1csc2nc(-c3ccc(Br)s3)cn12. The van der Waals surface area contributed by atoms with Gasteiger partial charge in [-0.2, -0.15) is 0 Å². The van der Waals surface area contributed by atoms with E-state index in [1.165, 1.54) is 12.8 Å². The Morgan fingerprint density at radius 3 is 3.05 bits per heavy atom.